The van der Waals surface area contributed by atoms with Crippen LogP contribution in [0.15, 0.2) is 58.3 Å². The molecule has 0 radical (unpaired) electrons. The van der Waals surface area contributed by atoms with Crippen LogP contribution in [0.2, 0.25) is 0 Å². The fraction of sp³-hybridized carbons (Fsp3) is 0.200. The van der Waals surface area contributed by atoms with E-state index in [1.165, 1.54) is 29.8 Å². The Morgan fingerprint density at radius 3 is 2.26 bits per heavy atom. The topological polar surface area (TPSA) is 89.3 Å². The molecule has 0 unspecified atom stereocenters. The molecule has 0 bridgehead atoms. The third-order valence-electron chi connectivity index (χ3n) is 3.04. The molecule has 0 saturated carbocycles. The summed E-state index contributed by atoms with van der Waals surface area (Å²) in [4.78, 5) is 11.1. The van der Waals surface area contributed by atoms with Crippen molar-refractivity contribution >= 4 is 27.5 Å². The summed E-state index contributed by atoms with van der Waals surface area (Å²) in [6, 6.07) is 12.8. The zero-order chi connectivity index (χ0) is 16.9. The average molecular weight is 352 g/mol. The van der Waals surface area contributed by atoms with Gasteiger partial charge in [-0.3, -0.25) is 10.1 Å². The van der Waals surface area contributed by atoms with Gasteiger partial charge in [-0.1, -0.05) is 17.7 Å². The highest BCUT2D eigenvalue weighted by atomic mass is 32.2. The van der Waals surface area contributed by atoms with E-state index in [9.17, 15) is 18.5 Å². The van der Waals surface area contributed by atoms with Crippen LogP contribution >= 0.6 is 11.8 Å². The van der Waals surface area contributed by atoms with Crippen molar-refractivity contribution < 1.29 is 13.3 Å². The molecule has 122 valence electrons. The number of nitrogens with one attached hydrogen (secondary N) is 1. The molecule has 0 saturated heterocycles. The van der Waals surface area contributed by atoms with Gasteiger partial charge in [0.15, 0.2) is 0 Å². The summed E-state index contributed by atoms with van der Waals surface area (Å²) in [6.45, 7) is 2.28. The third-order valence-corrected chi connectivity index (χ3v) is 5.53. The Morgan fingerprint density at radius 2 is 1.70 bits per heavy atom. The van der Waals surface area contributed by atoms with Crippen molar-refractivity contribution in [2.24, 2.45) is 0 Å². The van der Waals surface area contributed by atoms with E-state index in [0.717, 1.165) is 4.90 Å². The quantitative estimate of drug-likeness (QED) is 0.358. The van der Waals surface area contributed by atoms with E-state index in [-0.39, 0.29) is 17.1 Å². The SMILES string of the molecule is Cc1ccc(SCCNS(=O)(=O)c2ccc([N+](=O)[O-])cc2)cc1. The molecule has 0 atom stereocenters. The normalized spacial score (nSPS) is 11.3. The van der Waals surface area contributed by atoms with Gasteiger partial charge in [0.05, 0.1) is 9.82 Å². The Bertz CT molecular complexity index is 772. The van der Waals surface area contributed by atoms with E-state index < -0.39 is 14.9 Å². The molecule has 2 rings (SSSR count). The van der Waals surface area contributed by atoms with E-state index in [1.54, 1.807) is 11.8 Å². The van der Waals surface area contributed by atoms with Gasteiger partial charge in [-0.15, -0.1) is 11.8 Å². The Morgan fingerprint density at radius 1 is 1.09 bits per heavy atom. The number of aryl methyl sites for hydroxylation is 1. The molecular weight excluding hydrogens is 336 g/mol. The zero-order valence-corrected chi connectivity index (χ0v) is 14.1. The second-order valence-corrected chi connectivity index (χ2v) is 7.75. The predicted octanol–water partition coefficient (Wildman–Crippen LogP) is 2.97. The first kappa shape index (κ1) is 17.5. The lowest BCUT2D eigenvalue weighted by molar-refractivity contribution is -0.384. The Kier molecular flexibility index (Phi) is 5.75. The summed E-state index contributed by atoms with van der Waals surface area (Å²) in [5.41, 5.74) is 1.03. The summed E-state index contributed by atoms with van der Waals surface area (Å²) in [5, 5.41) is 10.6. The minimum atomic E-state index is -3.65. The van der Waals surface area contributed by atoms with Gasteiger partial charge in [0.2, 0.25) is 10.0 Å². The molecule has 6 nitrogen and oxygen atoms in total. The number of thioether (sulfide) groups is 1. The lowest BCUT2D eigenvalue weighted by Gasteiger charge is -2.07. The van der Waals surface area contributed by atoms with Crippen LogP contribution in [0.4, 0.5) is 5.69 Å². The number of sulfonamides is 1. The molecule has 0 spiro atoms. The number of non-ortho nitro benzene ring substituents is 1. The molecule has 0 aliphatic carbocycles. The number of nitro benzene ring substituents is 1. The van der Waals surface area contributed by atoms with Crippen molar-refractivity contribution in [2.45, 2.75) is 16.7 Å². The first-order valence-corrected chi connectivity index (χ1v) is 9.29. The molecule has 0 amide bonds. The van der Waals surface area contributed by atoms with Crippen LogP contribution in [0.3, 0.4) is 0 Å². The van der Waals surface area contributed by atoms with Crippen molar-refractivity contribution in [1.82, 2.24) is 4.72 Å². The number of hydrogen-bond acceptors (Lipinski definition) is 5. The summed E-state index contributed by atoms with van der Waals surface area (Å²) in [5.74, 6) is 0.593. The zero-order valence-electron chi connectivity index (χ0n) is 12.4. The fourth-order valence-electron chi connectivity index (χ4n) is 1.81. The van der Waals surface area contributed by atoms with Gasteiger partial charge in [0.1, 0.15) is 0 Å². The molecule has 0 aliphatic heterocycles. The van der Waals surface area contributed by atoms with E-state index >= 15 is 0 Å². The summed E-state index contributed by atoms with van der Waals surface area (Å²) in [6.07, 6.45) is 0. The van der Waals surface area contributed by atoms with Gasteiger partial charge in [0, 0.05) is 29.3 Å². The van der Waals surface area contributed by atoms with Crippen molar-refractivity contribution in [3.8, 4) is 0 Å². The van der Waals surface area contributed by atoms with E-state index in [4.69, 9.17) is 0 Å². The van der Waals surface area contributed by atoms with Crippen LogP contribution < -0.4 is 4.72 Å². The van der Waals surface area contributed by atoms with E-state index in [0.29, 0.717) is 5.75 Å². The smallest absolute Gasteiger partial charge is 0.258 e. The molecule has 0 aromatic heterocycles. The first-order chi connectivity index (χ1) is 10.9. The standard InChI is InChI=1S/C15H16N2O4S2/c1-12-2-6-14(7-3-12)22-11-10-16-23(20,21)15-8-4-13(5-9-15)17(18)19/h2-9,16H,10-11H2,1H3. The fourth-order valence-corrected chi connectivity index (χ4v) is 3.74. The number of benzene rings is 2. The maximum atomic E-state index is 12.1. The van der Waals surface area contributed by atoms with Crippen LogP contribution in [0.1, 0.15) is 5.56 Å². The van der Waals surface area contributed by atoms with Gasteiger partial charge < -0.3 is 0 Å². The molecule has 0 fully saturated rings. The number of rotatable bonds is 7. The number of nitro groups is 1. The average Bonchev–Trinajstić information content (AvgIpc) is 2.53. The third kappa shape index (κ3) is 5.05. The van der Waals surface area contributed by atoms with Gasteiger partial charge in [-0.05, 0) is 31.2 Å². The van der Waals surface area contributed by atoms with Gasteiger partial charge in [-0.25, -0.2) is 13.1 Å². The molecule has 2 aromatic rings. The van der Waals surface area contributed by atoms with Crippen molar-refractivity contribution in [1.29, 1.82) is 0 Å². The molecule has 8 heteroatoms. The van der Waals surface area contributed by atoms with Crippen LogP contribution in [0.5, 0.6) is 0 Å². The Hall–Kier alpha value is -1.90. The highest BCUT2D eigenvalue weighted by molar-refractivity contribution is 7.99. The molecule has 0 aliphatic rings. The van der Waals surface area contributed by atoms with Crippen LogP contribution in [0, 0.1) is 17.0 Å². The minimum absolute atomic E-state index is 0.0171. The van der Waals surface area contributed by atoms with Crippen molar-refractivity contribution in [3.63, 3.8) is 0 Å². The predicted molar refractivity (Wildman–Crippen MR) is 90.2 cm³/mol. The van der Waals surface area contributed by atoms with Gasteiger partial charge >= 0.3 is 0 Å². The van der Waals surface area contributed by atoms with Gasteiger partial charge in [0.25, 0.3) is 5.69 Å². The highest BCUT2D eigenvalue weighted by Crippen LogP contribution is 2.18. The van der Waals surface area contributed by atoms with Gasteiger partial charge in [-0.2, -0.15) is 0 Å². The molecule has 0 heterocycles. The summed E-state index contributed by atoms with van der Waals surface area (Å²) >= 11 is 1.56. The number of hydrogen-bond donors (Lipinski definition) is 1. The molecule has 2 aromatic carbocycles. The van der Waals surface area contributed by atoms with E-state index in [1.807, 2.05) is 31.2 Å². The van der Waals surface area contributed by atoms with Crippen molar-refractivity contribution in [2.75, 3.05) is 12.3 Å². The summed E-state index contributed by atoms with van der Waals surface area (Å²) in [7, 11) is -3.65. The molecule has 1 N–H and O–H groups in total. The molecular formula is C15H16N2O4S2. The first-order valence-electron chi connectivity index (χ1n) is 6.82. The Balaban J connectivity index is 1.88. The maximum absolute atomic E-state index is 12.1. The number of nitrogens with zero attached hydrogens (tertiary/aromatic N) is 1. The summed E-state index contributed by atoms with van der Waals surface area (Å²) < 4.78 is 26.6. The van der Waals surface area contributed by atoms with Crippen LogP contribution in [-0.4, -0.2) is 25.6 Å². The molecule has 23 heavy (non-hydrogen) atoms. The lowest BCUT2D eigenvalue weighted by atomic mass is 10.2. The minimum Gasteiger partial charge on any atom is -0.258 e. The van der Waals surface area contributed by atoms with E-state index in [2.05, 4.69) is 4.72 Å². The second kappa shape index (κ2) is 7.58. The largest absolute Gasteiger partial charge is 0.269 e. The van der Waals surface area contributed by atoms with Crippen LogP contribution in [-0.2, 0) is 10.0 Å². The maximum Gasteiger partial charge on any atom is 0.269 e. The second-order valence-electron chi connectivity index (χ2n) is 4.81. The highest BCUT2D eigenvalue weighted by Gasteiger charge is 2.15. The lowest BCUT2D eigenvalue weighted by Crippen LogP contribution is -2.26. The monoisotopic (exact) mass is 352 g/mol. The van der Waals surface area contributed by atoms with Crippen LogP contribution in [0.25, 0.3) is 0 Å². The van der Waals surface area contributed by atoms with Crippen molar-refractivity contribution in [3.05, 3.63) is 64.2 Å². The Labute approximate surface area is 139 Å².